The van der Waals surface area contributed by atoms with Gasteiger partial charge in [0.25, 0.3) is 0 Å². The number of carbonyl (C=O) groups is 1. The first kappa shape index (κ1) is 13.3. The average Bonchev–Trinajstić information content (AvgIpc) is 2.76. The van der Waals surface area contributed by atoms with Crippen molar-refractivity contribution in [1.82, 2.24) is 10.6 Å². The Labute approximate surface area is 98.1 Å². The van der Waals surface area contributed by atoms with Gasteiger partial charge < -0.3 is 15.4 Å². The Morgan fingerprint density at radius 1 is 1.31 bits per heavy atom. The number of hydrogen-bond acceptors (Lipinski definition) is 2. The highest BCUT2D eigenvalue weighted by Crippen LogP contribution is 2.17. The number of rotatable bonds is 7. The van der Waals surface area contributed by atoms with Crippen molar-refractivity contribution in [3.63, 3.8) is 0 Å². The van der Waals surface area contributed by atoms with E-state index in [-0.39, 0.29) is 6.03 Å². The summed E-state index contributed by atoms with van der Waals surface area (Å²) in [6.07, 6.45) is 6.97. The summed E-state index contributed by atoms with van der Waals surface area (Å²) in [5.41, 5.74) is 0. The van der Waals surface area contributed by atoms with Gasteiger partial charge >= 0.3 is 6.03 Å². The minimum atomic E-state index is -0.0500. The zero-order valence-corrected chi connectivity index (χ0v) is 10.3. The molecule has 2 amide bonds. The number of urea groups is 1. The van der Waals surface area contributed by atoms with Gasteiger partial charge in [-0.05, 0) is 19.3 Å². The third kappa shape index (κ3) is 5.95. The Bertz CT molecular complexity index is 191. The van der Waals surface area contributed by atoms with E-state index in [1.54, 1.807) is 0 Å². The molecule has 4 heteroatoms. The third-order valence-electron chi connectivity index (χ3n) is 2.86. The third-order valence-corrected chi connectivity index (χ3v) is 2.86. The summed E-state index contributed by atoms with van der Waals surface area (Å²) in [5, 5.41) is 5.79. The summed E-state index contributed by atoms with van der Waals surface area (Å²) in [6.45, 7) is 4.14. The van der Waals surface area contributed by atoms with Gasteiger partial charge in [-0.2, -0.15) is 0 Å². The van der Waals surface area contributed by atoms with Crippen molar-refractivity contribution >= 4 is 6.03 Å². The van der Waals surface area contributed by atoms with Crippen LogP contribution in [0.1, 0.15) is 45.4 Å². The van der Waals surface area contributed by atoms with Crippen LogP contribution < -0.4 is 10.6 Å². The quantitative estimate of drug-likeness (QED) is 0.655. The van der Waals surface area contributed by atoms with Crippen molar-refractivity contribution in [3.8, 4) is 0 Å². The van der Waals surface area contributed by atoms with Crippen molar-refractivity contribution in [2.75, 3.05) is 19.8 Å². The topological polar surface area (TPSA) is 50.4 Å². The summed E-state index contributed by atoms with van der Waals surface area (Å²) in [6, 6.07) is 0.340. The summed E-state index contributed by atoms with van der Waals surface area (Å²) in [4.78, 5) is 11.4. The van der Waals surface area contributed by atoms with E-state index in [1.807, 2.05) is 0 Å². The fourth-order valence-corrected chi connectivity index (χ4v) is 1.89. The molecule has 0 aromatic heterocycles. The lowest BCUT2D eigenvalue weighted by Gasteiger charge is -2.12. The van der Waals surface area contributed by atoms with Gasteiger partial charge in [-0.25, -0.2) is 4.79 Å². The monoisotopic (exact) mass is 228 g/mol. The smallest absolute Gasteiger partial charge is 0.315 e. The van der Waals surface area contributed by atoms with Crippen molar-refractivity contribution in [1.29, 1.82) is 0 Å². The standard InChI is InChI=1S/C12H24N2O2/c1-2-3-9-16-10-8-13-12(15)14-11-6-4-5-7-11/h11H,2-10H2,1H3,(H2,13,14,15). The Morgan fingerprint density at radius 3 is 2.75 bits per heavy atom. The summed E-state index contributed by atoms with van der Waals surface area (Å²) >= 11 is 0. The minimum Gasteiger partial charge on any atom is -0.380 e. The summed E-state index contributed by atoms with van der Waals surface area (Å²) < 4.78 is 5.35. The molecule has 1 rings (SSSR count). The molecule has 0 heterocycles. The van der Waals surface area contributed by atoms with Crippen LogP contribution in [0, 0.1) is 0 Å². The van der Waals surface area contributed by atoms with Crippen LogP contribution in [0.4, 0.5) is 4.79 Å². The molecule has 0 aromatic rings. The van der Waals surface area contributed by atoms with E-state index in [2.05, 4.69) is 17.6 Å². The molecule has 0 aromatic carbocycles. The zero-order chi connectivity index (χ0) is 11.6. The molecule has 1 aliphatic rings. The lowest BCUT2D eigenvalue weighted by Crippen LogP contribution is -2.42. The van der Waals surface area contributed by atoms with Crippen molar-refractivity contribution in [3.05, 3.63) is 0 Å². The Balaban J connectivity index is 1.89. The molecular formula is C12H24N2O2. The van der Waals surface area contributed by atoms with Gasteiger partial charge in [0.2, 0.25) is 0 Å². The van der Waals surface area contributed by atoms with Crippen LogP contribution in [0.25, 0.3) is 0 Å². The average molecular weight is 228 g/mol. The number of nitrogens with one attached hydrogen (secondary N) is 2. The second kappa shape index (κ2) is 8.39. The lowest BCUT2D eigenvalue weighted by atomic mass is 10.3. The van der Waals surface area contributed by atoms with Crippen molar-refractivity contribution in [2.45, 2.75) is 51.5 Å². The van der Waals surface area contributed by atoms with E-state index < -0.39 is 0 Å². The Kier molecular flexibility index (Phi) is 6.97. The van der Waals surface area contributed by atoms with Crippen LogP contribution >= 0.6 is 0 Å². The second-order valence-corrected chi connectivity index (χ2v) is 4.35. The molecular weight excluding hydrogens is 204 g/mol. The molecule has 1 aliphatic carbocycles. The van der Waals surface area contributed by atoms with Crippen molar-refractivity contribution < 1.29 is 9.53 Å². The zero-order valence-electron chi connectivity index (χ0n) is 10.3. The maximum Gasteiger partial charge on any atom is 0.315 e. The first-order valence-electron chi connectivity index (χ1n) is 6.45. The lowest BCUT2D eigenvalue weighted by molar-refractivity contribution is 0.133. The van der Waals surface area contributed by atoms with E-state index in [0.717, 1.165) is 32.3 Å². The second-order valence-electron chi connectivity index (χ2n) is 4.35. The summed E-state index contributed by atoms with van der Waals surface area (Å²) in [5.74, 6) is 0. The maximum atomic E-state index is 11.4. The largest absolute Gasteiger partial charge is 0.380 e. The highest BCUT2D eigenvalue weighted by molar-refractivity contribution is 5.74. The SMILES string of the molecule is CCCCOCCNC(=O)NC1CCCC1. The molecule has 0 radical (unpaired) electrons. The van der Waals surface area contributed by atoms with Crippen molar-refractivity contribution in [2.24, 2.45) is 0 Å². The van der Waals surface area contributed by atoms with Crippen LogP contribution in [0.5, 0.6) is 0 Å². The predicted octanol–water partition coefficient (Wildman–Crippen LogP) is 2.04. The molecule has 0 atom stereocenters. The number of ether oxygens (including phenoxy) is 1. The molecule has 0 saturated heterocycles. The molecule has 0 spiro atoms. The normalized spacial score (nSPS) is 16.3. The van der Waals surface area contributed by atoms with Gasteiger partial charge in [0.15, 0.2) is 0 Å². The Morgan fingerprint density at radius 2 is 2.06 bits per heavy atom. The van der Waals surface area contributed by atoms with E-state index in [0.29, 0.717) is 19.2 Å². The first-order chi connectivity index (χ1) is 7.83. The van der Waals surface area contributed by atoms with Crippen LogP contribution in [0.3, 0.4) is 0 Å². The van der Waals surface area contributed by atoms with Gasteiger partial charge in [0.05, 0.1) is 6.61 Å². The van der Waals surface area contributed by atoms with E-state index in [9.17, 15) is 4.79 Å². The van der Waals surface area contributed by atoms with E-state index >= 15 is 0 Å². The molecule has 0 unspecified atom stereocenters. The van der Waals surface area contributed by atoms with Crippen LogP contribution in [-0.4, -0.2) is 31.8 Å². The molecule has 94 valence electrons. The van der Waals surface area contributed by atoms with Crippen LogP contribution in [-0.2, 0) is 4.74 Å². The van der Waals surface area contributed by atoms with E-state index in [1.165, 1.54) is 12.8 Å². The maximum absolute atomic E-state index is 11.4. The first-order valence-corrected chi connectivity index (χ1v) is 6.45. The highest BCUT2D eigenvalue weighted by atomic mass is 16.5. The fraction of sp³-hybridized carbons (Fsp3) is 0.917. The van der Waals surface area contributed by atoms with Gasteiger partial charge in [-0.15, -0.1) is 0 Å². The van der Waals surface area contributed by atoms with Gasteiger partial charge in [-0.1, -0.05) is 26.2 Å². The van der Waals surface area contributed by atoms with Crippen LogP contribution in [0.2, 0.25) is 0 Å². The van der Waals surface area contributed by atoms with Gasteiger partial charge in [-0.3, -0.25) is 0 Å². The van der Waals surface area contributed by atoms with E-state index in [4.69, 9.17) is 4.74 Å². The van der Waals surface area contributed by atoms with Crippen LogP contribution in [0.15, 0.2) is 0 Å². The van der Waals surface area contributed by atoms with Gasteiger partial charge in [0.1, 0.15) is 0 Å². The minimum absolute atomic E-state index is 0.0500. The molecule has 0 bridgehead atoms. The molecule has 4 nitrogen and oxygen atoms in total. The summed E-state index contributed by atoms with van der Waals surface area (Å²) in [7, 11) is 0. The predicted molar refractivity (Wildman–Crippen MR) is 64.5 cm³/mol. The number of hydrogen-bond donors (Lipinski definition) is 2. The number of unbranched alkanes of at least 4 members (excludes halogenated alkanes) is 1. The molecule has 2 N–H and O–H groups in total. The molecule has 16 heavy (non-hydrogen) atoms. The molecule has 0 aliphatic heterocycles. The Hall–Kier alpha value is -0.770. The number of carbonyl (C=O) groups excluding carboxylic acids is 1. The molecule has 1 fully saturated rings. The number of amides is 2. The highest BCUT2D eigenvalue weighted by Gasteiger charge is 2.16. The van der Waals surface area contributed by atoms with Gasteiger partial charge in [0, 0.05) is 19.2 Å². The molecule has 1 saturated carbocycles. The fourth-order valence-electron chi connectivity index (χ4n) is 1.89.